The highest BCUT2D eigenvalue weighted by Gasteiger charge is 2.07. The molecule has 0 fully saturated rings. The van der Waals surface area contributed by atoms with Gasteiger partial charge in [-0.25, -0.2) is 0 Å². The molecular weight excluding hydrogens is 236 g/mol. The van der Waals surface area contributed by atoms with E-state index < -0.39 is 0 Å². The number of nitrogens with zero attached hydrogens (tertiary/aromatic N) is 3. The molecule has 0 aliphatic carbocycles. The molecule has 0 amide bonds. The van der Waals surface area contributed by atoms with Crippen LogP contribution in [0.2, 0.25) is 0 Å². The average molecular weight is 252 g/mol. The molecule has 0 aliphatic rings. The van der Waals surface area contributed by atoms with Gasteiger partial charge in [0.15, 0.2) is 0 Å². The van der Waals surface area contributed by atoms with E-state index in [0.717, 1.165) is 29.9 Å². The quantitative estimate of drug-likeness (QED) is 0.729. The van der Waals surface area contributed by atoms with Crippen LogP contribution in [-0.4, -0.2) is 14.8 Å². The van der Waals surface area contributed by atoms with Gasteiger partial charge in [0, 0.05) is 30.0 Å². The maximum atomic E-state index is 5.86. The monoisotopic (exact) mass is 252 g/mol. The number of aromatic nitrogens is 3. The second-order valence-electron chi connectivity index (χ2n) is 4.69. The molecule has 0 spiro atoms. The van der Waals surface area contributed by atoms with Crippen molar-refractivity contribution in [3.05, 3.63) is 54.0 Å². The number of hydrogen-bond donors (Lipinski definition) is 1. The molecule has 19 heavy (non-hydrogen) atoms. The second kappa shape index (κ2) is 4.72. The van der Waals surface area contributed by atoms with Gasteiger partial charge in [0.2, 0.25) is 0 Å². The number of benzene rings is 1. The highest BCUT2D eigenvalue weighted by Crippen LogP contribution is 2.21. The number of hydrogen-bond acceptors (Lipinski definition) is 3. The fourth-order valence-electron chi connectivity index (χ4n) is 2.31. The van der Waals surface area contributed by atoms with Crippen molar-refractivity contribution in [2.45, 2.75) is 19.9 Å². The standard InChI is InChI=1S/C15H16N4/c1-11-14-3-2-13(16)10-15(14)19(18-11)9-6-12-4-7-17-8-5-12/h2-5,7-8,10H,6,9,16H2,1H3. The molecule has 3 rings (SSSR count). The molecule has 0 atom stereocenters. The van der Waals surface area contributed by atoms with E-state index >= 15 is 0 Å². The molecule has 3 aromatic rings. The Hall–Kier alpha value is -2.36. The molecule has 0 unspecified atom stereocenters. The maximum absolute atomic E-state index is 5.86. The molecule has 0 bridgehead atoms. The van der Waals surface area contributed by atoms with Crippen molar-refractivity contribution in [2.75, 3.05) is 5.73 Å². The maximum Gasteiger partial charge on any atom is 0.0705 e. The van der Waals surface area contributed by atoms with Gasteiger partial charge in [-0.2, -0.15) is 5.10 Å². The van der Waals surface area contributed by atoms with Crippen molar-refractivity contribution < 1.29 is 0 Å². The third-order valence-corrected chi connectivity index (χ3v) is 3.32. The largest absolute Gasteiger partial charge is 0.399 e. The Labute approximate surface area is 111 Å². The lowest BCUT2D eigenvalue weighted by Gasteiger charge is -2.04. The second-order valence-corrected chi connectivity index (χ2v) is 4.69. The van der Waals surface area contributed by atoms with E-state index in [-0.39, 0.29) is 0 Å². The van der Waals surface area contributed by atoms with Crippen LogP contribution in [0.25, 0.3) is 10.9 Å². The SMILES string of the molecule is Cc1nn(CCc2ccncc2)c2cc(N)ccc12. The molecule has 4 heteroatoms. The predicted molar refractivity (Wildman–Crippen MR) is 76.8 cm³/mol. The zero-order valence-corrected chi connectivity index (χ0v) is 10.9. The van der Waals surface area contributed by atoms with Gasteiger partial charge < -0.3 is 5.73 Å². The fraction of sp³-hybridized carbons (Fsp3) is 0.200. The lowest BCUT2D eigenvalue weighted by molar-refractivity contribution is 0.629. The number of nitrogen functional groups attached to an aromatic ring is 1. The van der Waals surface area contributed by atoms with Crippen molar-refractivity contribution in [3.8, 4) is 0 Å². The van der Waals surface area contributed by atoms with Gasteiger partial charge in [-0.05, 0) is 49.2 Å². The van der Waals surface area contributed by atoms with Crippen molar-refractivity contribution in [1.82, 2.24) is 14.8 Å². The minimum Gasteiger partial charge on any atom is -0.399 e. The van der Waals surface area contributed by atoms with Crippen LogP contribution < -0.4 is 5.73 Å². The molecule has 2 heterocycles. The lowest BCUT2D eigenvalue weighted by Crippen LogP contribution is -2.03. The van der Waals surface area contributed by atoms with Gasteiger partial charge in [-0.1, -0.05) is 0 Å². The topological polar surface area (TPSA) is 56.7 Å². The molecule has 1 aromatic carbocycles. The van der Waals surface area contributed by atoms with Gasteiger partial charge >= 0.3 is 0 Å². The lowest BCUT2D eigenvalue weighted by atomic mass is 10.2. The first-order valence-corrected chi connectivity index (χ1v) is 6.35. The first kappa shape index (κ1) is 11.7. The highest BCUT2D eigenvalue weighted by molar-refractivity contribution is 5.84. The summed E-state index contributed by atoms with van der Waals surface area (Å²) in [6.07, 6.45) is 4.58. The number of rotatable bonds is 3. The van der Waals surface area contributed by atoms with Gasteiger partial charge in [-0.3, -0.25) is 9.67 Å². The normalized spacial score (nSPS) is 11.0. The van der Waals surface area contributed by atoms with Crippen LogP contribution >= 0.6 is 0 Å². The molecular formula is C15H16N4. The van der Waals surface area contributed by atoms with E-state index in [9.17, 15) is 0 Å². The van der Waals surface area contributed by atoms with Crippen LogP contribution in [0.4, 0.5) is 5.69 Å². The van der Waals surface area contributed by atoms with E-state index in [2.05, 4.69) is 10.1 Å². The van der Waals surface area contributed by atoms with Crippen molar-refractivity contribution in [2.24, 2.45) is 0 Å². The van der Waals surface area contributed by atoms with Gasteiger partial charge in [0.05, 0.1) is 11.2 Å². The average Bonchev–Trinajstić information content (AvgIpc) is 2.74. The number of fused-ring (bicyclic) bond motifs is 1. The van der Waals surface area contributed by atoms with Crippen LogP contribution in [0, 0.1) is 6.92 Å². The van der Waals surface area contributed by atoms with E-state index in [0.29, 0.717) is 0 Å². The zero-order chi connectivity index (χ0) is 13.2. The van der Waals surface area contributed by atoms with Gasteiger partial charge in [-0.15, -0.1) is 0 Å². The smallest absolute Gasteiger partial charge is 0.0705 e. The third-order valence-electron chi connectivity index (χ3n) is 3.32. The Kier molecular flexibility index (Phi) is 2.91. The fourth-order valence-corrected chi connectivity index (χ4v) is 2.31. The molecule has 0 saturated heterocycles. The minimum atomic E-state index is 0.776. The summed E-state index contributed by atoms with van der Waals surface area (Å²) in [5.41, 5.74) is 10.0. The summed E-state index contributed by atoms with van der Waals surface area (Å²) in [7, 11) is 0. The molecule has 2 aromatic heterocycles. The minimum absolute atomic E-state index is 0.776. The summed E-state index contributed by atoms with van der Waals surface area (Å²) in [4.78, 5) is 4.03. The summed E-state index contributed by atoms with van der Waals surface area (Å²) in [5.74, 6) is 0. The molecule has 0 aliphatic heterocycles. The first-order valence-electron chi connectivity index (χ1n) is 6.35. The van der Waals surface area contributed by atoms with E-state index in [1.165, 1.54) is 10.9 Å². The Morgan fingerprint density at radius 1 is 1.16 bits per heavy atom. The molecule has 96 valence electrons. The van der Waals surface area contributed by atoms with Crippen LogP contribution in [0.3, 0.4) is 0 Å². The van der Waals surface area contributed by atoms with Crippen LogP contribution in [0.5, 0.6) is 0 Å². The van der Waals surface area contributed by atoms with Crippen molar-refractivity contribution in [1.29, 1.82) is 0 Å². The summed E-state index contributed by atoms with van der Waals surface area (Å²) in [6, 6.07) is 10.0. The summed E-state index contributed by atoms with van der Waals surface area (Å²) in [5, 5.41) is 5.76. The Morgan fingerprint density at radius 2 is 1.95 bits per heavy atom. The van der Waals surface area contributed by atoms with Crippen LogP contribution in [-0.2, 0) is 13.0 Å². The molecule has 0 saturated carbocycles. The van der Waals surface area contributed by atoms with Crippen molar-refractivity contribution in [3.63, 3.8) is 0 Å². The van der Waals surface area contributed by atoms with E-state index in [1.54, 1.807) is 0 Å². The number of nitrogens with two attached hydrogens (primary N) is 1. The number of pyridine rings is 1. The van der Waals surface area contributed by atoms with Crippen LogP contribution in [0.1, 0.15) is 11.3 Å². The van der Waals surface area contributed by atoms with E-state index in [4.69, 9.17) is 5.73 Å². The molecule has 2 N–H and O–H groups in total. The summed E-state index contributed by atoms with van der Waals surface area (Å²) < 4.78 is 2.03. The van der Waals surface area contributed by atoms with Gasteiger partial charge in [0.25, 0.3) is 0 Å². The van der Waals surface area contributed by atoms with Crippen molar-refractivity contribution >= 4 is 16.6 Å². The third kappa shape index (κ3) is 2.29. The Morgan fingerprint density at radius 3 is 2.74 bits per heavy atom. The van der Waals surface area contributed by atoms with Crippen LogP contribution in [0.15, 0.2) is 42.7 Å². The highest BCUT2D eigenvalue weighted by atomic mass is 15.3. The summed E-state index contributed by atoms with van der Waals surface area (Å²) in [6.45, 7) is 2.87. The van der Waals surface area contributed by atoms with E-state index in [1.807, 2.05) is 54.3 Å². The molecule has 4 nitrogen and oxygen atoms in total. The Bertz CT molecular complexity index is 701. The zero-order valence-electron chi connectivity index (χ0n) is 10.9. The Balaban J connectivity index is 1.91. The summed E-state index contributed by atoms with van der Waals surface area (Å²) >= 11 is 0. The number of aryl methyl sites for hydroxylation is 3. The number of anilines is 1. The molecule has 0 radical (unpaired) electrons. The first-order chi connectivity index (χ1) is 9.24. The van der Waals surface area contributed by atoms with Gasteiger partial charge in [0.1, 0.15) is 0 Å². The predicted octanol–water partition coefficient (Wildman–Crippen LogP) is 2.56.